The molecule has 1 spiro atoms. The Morgan fingerprint density at radius 3 is 2.69 bits per heavy atom. The van der Waals surface area contributed by atoms with Crippen LogP contribution >= 0.6 is 0 Å². The van der Waals surface area contributed by atoms with E-state index in [1.165, 1.54) is 0 Å². The molecule has 3 aliphatic rings. The van der Waals surface area contributed by atoms with Gasteiger partial charge in [-0.25, -0.2) is 0 Å². The number of aliphatic hydroxyl groups excluding tert-OH is 1. The van der Waals surface area contributed by atoms with Crippen LogP contribution in [0.15, 0.2) is 79.0 Å². The van der Waals surface area contributed by atoms with Gasteiger partial charge in [-0.1, -0.05) is 54.6 Å². The molecule has 2 amide bonds. The predicted molar refractivity (Wildman–Crippen MR) is 198 cm³/mol. The highest BCUT2D eigenvalue weighted by atomic mass is 28.4. The van der Waals surface area contributed by atoms with Crippen molar-refractivity contribution in [3.8, 4) is 5.75 Å². The Morgan fingerprint density at radius 2 is 1.98 bits per heavy atom. The van der Waals surface area contributed by atoms with Crippen LogP contribution in [0.2, 0.25) is 18.6 Å². The van der Waals surface area contributed by atoms with E-state index < -0.39 is 31.6 Å². The first kappa shape index (κ1) is 35.9. The molecule has 4 heterocycles. The number of methoxy groups -OCH3 is 1. The average Bonchev–Trinajstić information content (AvgIpc) is 3.93. The number of amides is 2. The van der Waals surface area contributed by atoms with E-state index in [1.54, 1.807) is 29.8 Å². The lowest BCUT2D eigenvalue weighted by Crippen LogP contribution is -2.45. The van der Waals surface area contributed by atoms with Crippen LogP contribution in [0.4, 0.5) is 15.5 Å². The minimum absolute atomic E-state index is 0.0712. The summed E-state index contributed by atoms with van der Waals surface area (Å²) in [5, 5.41) is 25.1. The summed E-state index contributed by atoms with van der Waals surface area (Å²) in [6.07, 6.45) is 3.43. The Morgan fingerprint density at radius 1 is 1.17 bits per heavy atom. The van der Waals surface area contributed by atoms with Crippen LogP contribution in [-0.4, -0.2) is 72.7 Å². The maximum absolute atomic E-state index is 16.5. The van der Waals surface area contributed by atoms with E-state index in [-0.39, 0.29) is 36.9 Å². The van der Waals surface area contributed by atoms with Gasteiger partial charge in [0, 0.05) is 35.5 Å². The molecule has 52 heavy (non-hydrogen) atoms. The molecule has 0 radical (unpaired) electrons. The standard InChI is InChI=1S/C39H47FN6O5Si/c1-25-36(52(3,4)40)35(17-19-45-23-33(43-44-45)30(24-47)27-11-6-5-7-12-27)51-39(25)31-21-29(50-2)15-16-34(31)46(38(39)49)22-26-10-8-13-28(20-26)42-37(48)32-14-9-18-41-32/h5-8,10-13,15-16,20-21,23,25,30,32,35-36,41,47H,9,14,17-19,22,24H2,1-4H3,(H,42,48)/t25-,30?,32-,35+,36-,39+/m1/s1. The lowest BCUT2D eigenvalue weighted by Gasteiger charge is -2.31. The van der Waals surface area contributed by atoms with Crippen molar-refractivity contribution in [1.82, 2.24) is 20.3 Å². The number of nitrogens with one attached hydrogen (secondary N) is 2. The molecule has 3 N–H and O–H groups in total. The fourth-order valence-electron chi connectivity index (χ4n) is 8.54. The molecule has 3 aliphatic heterocycles. The highest BCUT2D eigenvalue weighted by Gasteiger charge is 2.66. The molecule has 0 saturated carbocycles. The first-order valence-electron chi connectivity index (χ1n) is 18.1. The molecule has 0 bridgehead atoms. The van der Waals surface area contributed by atoms with Crippen molar-refractivity contribution in [1.29, 1.82) is 0 Å². The third-order valence-electron chi connectivity index (χ3n) is 11.0. The zero-order valence-corrected chi connectivity index (χ0v) is 31.1. The zero-order valence-electron chi connectivity index (χ0n) is 30.1. The van der Waals surface area contributed by atoms with E-state index in [2.05, 4.69) is 20.9 Å². The van der Waals surface area contributed by atoms with Crippen LogP contribution in [0.3, 0.4) is 0 Å². The summed E-state index contributed by atoms with van der Waals surface area (Å²) in [6.45, 7) is 6.66. The van der Waals surface area contributed by atoms with E-state index in [0.717, 1.165) is 30.5 Å². The van der Waals surface area contributed by atoms with Gasteiger partial charge >= 0.3 is 0 Å². The minimum atomic E-state index is -3.40. The first-order valence-corrected chi connectivity index (χ1v) is 21.0. The number of hydrogen-bond donors (Lipinski definition) is 3. The van der Waals surface area contributed by atoms with Crippen molar-refractivity contribution in [2.24, 2.45) is 5.92 Å². The zero-order chi connectivity index (χ0) is 36.6. The third kappa shape index (κ3) is 6.66. The molecule has 11 nitrogen and oxygen atoms in total. The summed E-state index contributed by atoms with van der Waals surface area (Å²) in [6, 6.07) is 22.5. The van der Waals surface area contributed by atoms with E-state index in [0.29, 0.717) is 41.3 Å². The van der Waals surface area contributed by atoms with Crippen molar-refractivity contribution in [3.05, 3.63) is 101 Å². The number of aliphatic hydroxyl groups is 1. The molecule has 7 rings (SSSR count). The van der Waals surface area contributed by atoms with Gasteiger partial charge in [0.1, 0.15) is 5.75 Å². The average molecular weight is 727 g/mol. The summed E-state index contributed by atoms with van der Waals surface area (Å²) in [7, 11) is -1.82. The molecule has 1 unspecified atom stereocenters. The molecule has 274 valence electrons. The van der Waals surface area contributed by atoms with E-state index in [4.69, 9.17) is 9.47 Å². The van der Waals surface area contributed by atoms with E-state index in [9.17, 15) is 14.7 Å². The van der Waals surface area contributed by atoms with Crippen molar-refractivity contribution in [2.45, 2.75) is 81.6 Å². The van der Waals surface area contributed by atoms with Crippen molar-refractivity contribution in [3.63, 3.8) is 0 Å². The molecule has 2 fully saturated rings. The van der Waals surface area contributed by atoms with Crippen molar-refractivity contribution < 1.29 is 28.3 Å². The molecule has 6 atom stereocenters. The Bertz CT molecular complexity index is 1910. The Labute approximate surface area is 304 Å². The van der Waals surface area contributed by atoms with Gasteiger partial charge in [0.05, 0.1) is 49.7 Å². The maximum Gasteiger partial charge on any atom is 0.264 e. The first-order chi connectivity index (χ1) is 25.0. The smallest absolute Gasteiger partial charge is 0.264 e. The van der Waals surface area contributed by atoms with Crippen LogP contribution in [0.1, 0.15) is 54.5 Å². The van der Waals surface area contributed by atoms with Gasteiger partial charge in [-0.15, -0.1) is 5.10 Å². The number of benzene rings is 3. The lowest BCUT2D eigenvalue weighted by atomic mass is 9.82. The fraction of sp³-hybridized carbons (Fsp3) is 0.436. The Kier molecular flexibility index (Phi) is 10.0. The largest absolute Gasteiger partial charge is 0.497 e. The molecule has 4 aromatic rings. The topological polar surface area (TPSA) is 131 Å². The van der Waals surface area contributed by atoms with Crippen LogP contribution in [0.25, 0.3) is 0 Å². The molecule has 3 aromatic carbocycles. The molecular formula is C39H47FN6O5Si. The van der Waals surface area contributed by atoms with Crippen molar-refractivity contribution >= 4 is 31.6 Å². The van der Waals surface area contributed by atoms with Gasteiger partial charge in [0.2, 0.25) is 14.3 Å². The number of aromatic nitrogens is 3. The van der Waals surface area contributed by atoms with Crippen LogP contribution in [0.5, 0.6) is 5.75 Å². The number of aryl methyl sites for hydroxylation is 1. The summed E-state index contributed by atoms with van der Waals surface area (Å²) < 4.78 is 30.7. The Balaban J connectivity index is 1.16. The SMILES string of the molecule is COc1ccc2c(c1)[C@]1(O[C@@H](CCn3cc(C(CO)c4ccccc4)nn3)[C@H]([Si](C)(C)F)[C@H]1C)C(=O)N2Cc1cccc(NC(=O)[C@H]2CCCN2)c1. The Hall–Kier alpha value is -4.43. The number of ether oxygens (including phenoxy) is 2. The second-order valence-corrected chi connectivity index (χ2v) is 18.5. The number of hydrogen-bond acceptors (Lipinski definition) is 8. The highest BCUT2D eigenvalue weighted by Crippen LogP contribution is 2.60. The number of carbonyl (C=O) groups excluding carboxylic acids is 2. The molecule has 0 aliphatic carbocycles. The number of rotatable bonds is 12. The normalized spacial score (nSPS) is 24.7. The molecule has 13 heteroatoms. The maximum atomic E-state index is 16.5. The van der Waals surface area contributed by atoms with Crippen LogP contribution in [0, 0.1) is 5.92 Å². The number of fused-ring (bicyclic) bond motifs is 2. The van der Waals surface area contributed by atoms with E-state index in [1.807, 2.05) is 85.9 Å². The second kappa shape index (κ2) is 14.5. The van der Waals surface area contributed by atoms with Gasteiger partial charge < -0.3 is 34.2 Å². The van der Waals surface area contributed by atoms with Crippen LogP contribution < -0.4 is 20.3 Å². The summed E-state index contributed by atoms with van der Waals surface area (Å²) >= 11 is 0. The number of halogens is 1. The van der Waals surface area contributed by atoms with Gasteiger partial charge in [0.25, 0.3) is 5.91 Å². The molecule has 1 aromatic heterocycles. The fourth-order valence-corrected chi connectivity index (χ4v) is 11.1. The molecule has 2 saturated heterocycles. The van der Waals surface area contributed by atoms with Gasteiger partial charge in [-0.3, -0.25) is 14.3 Å². The predicted octanol–water partition coefficient (Wildman–Crippen LogP) is 5.51. The number of anilines is 2. The van der Waals surface area contributed by atoms with Gasteiger partial charge in [-0.2, -0.15) is 0 Å². The quantitative estimate of drug-likeness (QED) is 0.129. The second-order valence-electron chi connectivity index (χ2n) is 14.7. The van der Waals surface area contributed by atoms with E-state index >= 15 is 4.11 Å². The summed E-state index contributed by atoms with van der Waals surface area (Å²) in [4.78, 5) is 29.5. The minimum Gasteiger partial charge on any atom is -0.497 e. The monoisotopic (exact) mass is 726 g/mol. The van der Waals surface area contributed by atoms with Crippen LogP contribution in [-0.2, 0) is 33.0 Å². The third-order valence-corrected chi connectivity index (χ3v) is 13.5. The highest BCUT2D eigenvalue weighted by molar-refractivity contribution is 6.72. The summed E-state index contributed by atoms with van der Waals surface area (Å²) in [5.74, 6) is -0.521. The molecular weight excluding hydrogens is 680 g/mol. The van der Waals surface area contributed by atoms with Gasteiger partial charge in [-0.05, 0) is 80.4 Å². The lowest BCUT2D eigenvalue weighted by molar-refractivity contribution is -0.146. The number of nitrogens with zero attached hydrogens (tertiary/aromatic N) is 4. The van der Waals surface area contributed by atoms with Gasteiger partial charge in [0.15, 0.2) is 5.60 Å². The summed E-state index contributed by atoms with van der Waals surface area (Å²) in [5.41, 5.74) is 2.53. The number of carbonyl (C=O) groups is 2. The van der Waals surface area contributed by atoms with Crippen molar-refractivity contribution in [2.75, 3.05) is 30.5 Å².